The van der Waals surface area contributed by atoms with E-state index in [1.54, 1.807) is 12.1 Å². The summed E-state index contributed by atoms with van der Waals surface area (Å²) in [6.07, 6.45) is 0. The van der Waals surface area contributed by atoms with Crippen molar-refractivity contribution in [2.24, 2.45) is 0 Å². The minimum absolute atomic E-state index is 0.151. The Labute approximate surface area is 119 Å². The fourth-order valence-corrected chi connectivity index (χ4v) is 2.59. The van der Waals surface area contributed by atoms with Gasteiger partial charge in [-0.2, -0.15) is 5.26 Å². The van der Waals surface area contributed by atoms with Crippen molar-refractivity contribution in [2.45, 2.75) is 13.0 Å². The quantitative estimate of drug-likeness (QED) is 0.849. The van der Waals surface area contributed by atoms with Crippen molar-refractivity contribution < 1.29 is 9.59 Å². The SMILES string of the molecule is CC(=O)N[C@H]1C(=O)N(CC#N)c2c(Cl)ccc(Cl)c21. The van der Waals surface area contributed by atoms with Gasteiger partial charge in [-0.25, -0.2) is 0 Å². The number of hydrogen-bond donors (Lipinski definition) is 1. The molecule has 0 bridgehead atoms. The van der Waals surface area contributed by atoms with Gasteiger partial charge in [0.1, 0.15) is 12.6 Å². The summed E-state index contributed by atoms with van der Waals surface area (Å²) in [6.45, 7) is 1.15. The Kier molecular flexibility index (Phi) is 3.65. The van der Waals surface area contributed by atoms with Crippen LogP contribution in [0.2, 0.25) is 10.0 Å². The van der Waals surface area contributed by atoms with E-state index in [0.29, 0.717) is 21.3 Å². The van der Waals surface area contributed by atoms with Gasteiger partial charge in [0.2, 0.25) is 5.91 Å². The summed E-state index contributed by atoms with van der Waals surface area (Å²) in [5, 5.41) is 12.0. The number of nitriles is 1. The van der Waals surface area contributed by atoms with E-state index in [4.69, 9.17) is 28.5 Å². The number of carbonyl (C=O) groups is 2. The van der Waals surface area contributed by atoms with Crippen LogP contribution in [0.3, 0.4) is 0 Å². The fourth-order valence-electron chi connectivity index (χ4n) is 2.06. The van der Waals surface area contributed by atoms with E-state index in [0.717, 1.165) is 0 Å². The molecular weight excluding hydrogens is 289 g/mol. The van der Waals surface area contributed by atoms with Crippen LogP contribution in [0.1, 0.15) is 18.5 Å². The predicted octanol–water partition coefficient (Wildman–Crippen LogP) is 2.04. The molecule has 1 heterocycles. The van der Waals surface area contributed by atoms with Gasteiger partial charge in [0, 0.05) is 17.5 Å². The molecule has 7 heteroatoms. The van der Waals surface area contributed by atoms with E-state index in [-0.39, 0.29) is 12.5 Å². The Morgan fingerprint density at radius 2 is 2.11 bits per heavy atom. The van der Waals surface area contributed by atoms with Crippen LogP contribution in [0.25, 0.3) is 0 Å². The molecule has 5 nitrogen and oxygen atoms in total. The average molecular weight is 298 g/mol. The van der Waals surface area contributed by atoms with Gasteiger partial charge in [0.05, 0.1) is 16.8 Å². The molecular formula is C12H9Cl2N3O2. The highest BCUT2D eigenvalue weighted by Gasteiger charge is 2.40. The Hall–Kier alpha value is -1.77. The lowest BCUT2D eigenvalue weighted by atomic mass is 10.1. The lowest BCUT2D eigenvalue weighted by molar-refractivity contribution is -0.126. The zero-order valence-corrected chi connectivity index (χ0v) is 11.4. The Bertz CT molecular complexity index is 610. The van der Waals surface area contributed by atoms with E-state index in [9.17, 15) is 9.59 Å². The molecule has 2 amide bonds. The number of hydrogen-bond acceptors (Lipinski definition) is 3. The van der Waals surface area contributed by atoms with Crippen molar-refractivity contribution >= 4 is 40.7 Å². The molecule has 1 aromatic carbocycles. The van der Waals surface area contributed by atoms with Crippen molar-refractivity contribution in [1.29, 1.82) is 5.26 Å². The normalized spacial score (nSPS) is 17.1. The second-order valence-corrected chi connectivity index (χ2v) is 4.82. The van der Waals surface area contributed by atoms with Gasteiger partial charge in [-0.15, -0.1) is 0 Å². The maximum absolute atomic E-state index is 12.2. The van der Waals surface area contributed by atoms with Crippen LogP contribution in [-0.4, -0.2) is 18.4 Å². The summed E-state index contributed by atoms with van der Waals surface area (Å²) in [6, 6.07) is 4.10. The number of benzene rings is 1. The summed E-state index contributed by atoms with van der Waals surface area (Å²) in [5.74, 6) is -0.777. The highest BCUT2D eigenvalue weighted by Crippen LogP contribution is 2.44. The van der Waals surface area contributed by atoms with Crippen molar-refractivity contribution in [3.63, 3.8) is 0 Å². The maximum Gasteiger partial charge on any atom is 0.255 e. The molecule has 1 aromatic rings. The summed E-state index contributed by atoms with van der Waals surface area (Å²) < 4.78 is 0. The highest BCUT2D eigenvalue weighted by atomic mass is 35.5. The second kappa shape index (κ2) is 5.08. The Balaban J connectivity index is 2.60. The fraction of sp³-hybridized carbons (Fsp3) is 0.250. The van der Waals surface area contributed by atoms with E-state index < -0.39 is 11.9 Å². The molecule has 0 fully saturated rings. The molecule has 0 spiro atoms. The predicted molar refractivity (Wildman–Crippen MR) is 71.0 cm³/mol. The molecule has 1 aliphatic heterocycles. The first kappa shape index (κ1) is 13.7. The van der Waals surface area contributed by atoms with E-state index in [1.807, 2.05) is 6.07 Å². The summed E-state index contributed by atoms with van der Waals surface area (Å²) in [7, 11) is 0. The third-order valence-corrected chi connectivity index (χ3v) is 3.40. The van der Waals surface area contributed by atoms with Crippen LogP contribution in [-0.2, 0) is 9.59 Å². The monoisotopic (exact) mass is 297 g/mol. The zero-order valence-electron chi connectivity index (χ0n) is 9.91. The summed E-state index contributed by atoms with van der Waals surface area (Å²) >= 11 is 12.1. The molecule has 0 radical (unpaired) electrons. The van der Waals surface area contributed by atoms with E-state index in [2.05, 4.69) is 5.32 Å². The largest absolute Gasteiger partial charge is 0.341 e. The molecule has 1 N–H and O–H groups in total. The second-order valence-electron chi connectivity index (χ2n) is 4.01. The van der Waals surface area contributed by atoms with Crippen LogP contribution in [0.4, 0.5) is 5.69 Å². The van der Waals surface area contributed by atoms with Gasteiger partial charge in [-0.05, 0) is 12.1 Å². The number of fused-ring (bicyclic) bond motifs is 1. The van der Waals surface area contributed by atoms with Gasteiger partial charge in [0.15, 0.2) is 0 Å². The lowest BCUT2D eigenvalue weighted by Gasteiger charge is -2.14. The van der Waals surface area contributed by atoms with Gasteiger partial charge >= 0.3 is 0 Å². The number of amides is 2. The Morgan fingerprint density at radius 3 is 2.68 bits per heavy atom. The Morgan fingerprint density at radius 1 is 1.47 bits per heavy atom. The van der Waals surface area contributed by atoms with Gasteiger partial charge in [-0.1, -0.05) is 23.2 Å². The average Bonchev–Trinajstić information content (AvgIpc) is 2.60. The lowest BCUT2D eigenvalue weighted by Crippen LogP contribution is -2.36. The maximum atomic E-state index is 12.2. The molecule has 0 saturated heterocycles. The minimum Gasteiger partial charge on any atom is -0.341 e. The summed E-state index contributed by atoms with van der Waals surface area (Å²) in [5.41, 5.74) is 0.823. The van der Waals surface area contributed by atoms with Crippen LogP contribution >= 0.6 is 23.2 Å². The number of nitrogens with one attached hydrogen (secondary N) is 1. The molecule has 0 aliphatic carbocycles. The third-order valence-electron chi connectivity index (χ3n) is 2.76. The van der Waals surface area contributed by atoms with Gasteiger partial charge in [-0.3, -0.25) is 14.5 Å². The molecule has 0 aromatic heterocycles. The molecule has 2 rings (SSSR count). The topological polar surface area (TPSA) is 73.2 Å². The van der Waals surface area contributed by atoms with Crippen LogP contribution in [0.5, 0.6) is 0 Å². The van der Waals surface area contributed by atoms with Crippen molar-refractivity contribution in [3.05, 3.63) is 27.7 Å². The molecule has 1 atom stereocenters. The van der Waals surface area contributed by atoms with Crippen LogP contribution in [0, 0.1) is 11.3 Å². The molecule has 0 unspecified atom stereocenters. The van der Waals surface area contributed by atoms with Gasteiger partial charge < -0.3 is 5.32 Å². The smallest absolute Gasteiger partial charge is 0.255 e. The zero-order chi connectivity index (χ0) is 14.2. The minimum atomic E-state index is -0.896. The van der Waals surface area contributed by atoms with Crippen molar-refractivity contribution in [2.75, 3.05) is 11.4 Å². The van der Waals surface area contributed by atoms with E-state index in [1.165, 1.54) is 11.8 Å². The number of anilines is 1. The number of rotatable bonds is 2. The first-order chi connectivity index (χ1) is 8.97. The van der Waals surface area contributed by atoms with Crippen LogP contribution in [0.15, 0.2) is 12.1 Å². The third kappa shape index (κ3) is 2.25. The van der Waals surface area contributed by atoms with Crippen molar-refractivity contribution in [1.82, 2.24) is 5.32 Å². The first-order valence-electron chi connectivity index (χ1n) is 5.40. The summed E-state index contributed by atoms with van der Waals surface area (Å²) in [4.78, 5) is 24.7. The first-order valence-corrected chi connectivity index (χ1v) is 6.16. The van der Waals surface area contributed by atoms with Gasteiger partial charge in [0.25, 0.3) is 5.91 Å². The number of halogens is 2. The molecule has 0 saturated carbocycles. The van der Waals surface area contributed by atoms with E-state index >= 15 is 0 Å². The number of carbonyl (C=O) groups excluding carboxylic acids is 2. The van der Waals surface area contributed by atoms with Crippen molar-refractivity contribution in [3.8, 4) is 6.07 Å². The molecule has 1 aliphatic rings. The number of nitrogens with zero attached hydrogens (tertiary/aromatic N) is 2. The molecule has 98 valence electrons. The standard InChI is InChI=1S/C12H9Cl2N3O2/c1-6(18)16-10-9-7(13)2-3-8(14)11(9)17(5-4-15)12(10)19/h2-3,10H,5H2,1H3,(H,16,18)/t10-/m1/s1. The van der Waals surface area contributed by atoms with Crippen LogP contribution < -0.4 is 10.2 Å². The molecule has 19 heavy (non-hydrogen) atoms. The highest BCUT2D eigenvalue weighted by molar-refractivity contribution is 6.38.